The number of nitrogens with zero attached hydrogens (tertiary/aromatic N) is 2. The van der Waals surface area contributed by atoms with Crippen molar-refractivity contribution in [3.63, 3.8) is 0 Å². The quantitative estimate of drug-likeness (QED) is 0.915. The van der Waals surface area contributed by atoms with Crippen LogP contribution in [0.25, 0.3) is 11.3 Å². The average molecular weight is 266 g/mol. The van der Waals surface area contributed by atoms with Crippen LogP contribution >= 0.6 is 11.6 Å². The van der Waals surface area contributed by atoms with Crippen LogP contribution in [-0.2, 0) is 0 Å². The first-order valence-corrected chi connectivity index (χ1v) is 6.11. The molecule has 0 aliphatic heterocycles. The van der Waals surface area contributed by atoms with Gasteiger partial charge in [-0.1, -0.05) is 18.5 Å². The Morgan fingerprint density at radius 1 is 1.22 bits per heavy atom. The molecular formula is C13H13ClFN3. The SMILES string of the molecule is CCCNc1ccc(-c2cc(F)ccc2Cl)nn1. The van der Waals surface area contributed by atoms with Gasteiger partial charge in [0.15, 0.2) is 0 Å². The predicted octanol–water partition coefficient (Wildman–Crippen LogP) is 3.76. The van der Waals surface area contributed by atoms with Crippen LogP contribution in [0.4, 0.5) is 10.2 Å². The van der Waals surface area contributed by atoms with E-state index in [0.717, 1.165) is 13.0 Å². The van der Waals surface area contributed by atoms with Crippen molar-refractivity contribution in [2.45, 2.75) is 13.3 Å². The Morgan fingerprint density at radius 3 is 2.72 bits per heavy atom. The maximum Gasteiger partial charge on any atom is 0.148 e. The van der Waals surface area contributed by atoms with E-state index in [2.05, 4.69) is 22.4 Å². The Labute approximate surface area is 110 Å². The molecule has 18 heavy (non-hydrogen) atoms. The smallest absolute Gasteiger partial charge is 0.148 e. The molecule has 94 valence electrons. The Kier molecular flexibility index (Phi) is 4.10. The normalized spacial score (nSPS) is 10.4. The number of anilines is 1. The molecule has 3 nitrogen and oxygen atoms in total. The fourth-order valence-corrected chi connectivity index (χ4v) is 1.73. The Hall–Kier alpha value is -1.68. The molecule has 5 heteroatoms. The molecule has 0 amide bonds. The zero-order valence-corrected chi connectivity index (χ0v) is 10.7. The van der Waals surface area contributed by atoms with Crippen molar-refractivity contribution in [1.82, 2.24) is 10.2 Å². The van der Waals surface area contributed by atoms with Gasteiger partial charge in [0.25, 0.3) is 0 Å². The third-order valence-electron chi connectivity index (χ3n) is 2.43. The molecule has 2 rings (SSSR count). The van der Waals surface area contributed by atoms with Crippen LogP contribution in [-0.4, -0.2) is 16.7 Å². The summed E-state index contributed by atoms with van der Waals surface area (Å²) in [7, 11) is 0. The first-order valence-electron chi connectivity index (χ1n) is 5.73. The first-order chi connectivity index (χ1) is 8.70. The molecule has 0 atom stereocenters. The number of nitrogens with one attached hydrogen (secondary N) is 1. The summed E-state index contributed by atoms with van der Waals surface area (Å²) in [6, 6.07) is 7.75. The van der Waals surface area contributed by atoms with E-state index in [1.807, 2.05) is 0 Å². The van der Waals surface area contributed by atoms with Gasteiger partial charge in [-0.3, -0.25) is 0 Å². The van der Waals surface area contributed by atoms with Crippen molar-refractivity contribution in [2.24, 2.45) is 0 Å². The molecule has 1 N–H and O–H groups in total. The van der Waals surface area contributed by atoms with Gasteiger partial charge in [-0.05, 0) is 36.8 Å². The molecule has 1 aromatic heterocycles. The summed E-state index contributed by atoms with van der Waals surface area (Å²) in [6.07, 6.45) is 1.01. The summed E-state index contributed by atoms with van der Waals surface area (Å²) in [5.74, 6) is 0.359. The lowest BCUT2D eigenvalue weighted by molar-refractivity contribution is 0.628. The highest BCUT2D eigenvalue weighted by Crippen LogP contribution is 2.26. The maximum atomic E-state index is 13.2. The van der Waals surface area contributed by atoms with Crippen molar-refractivity contribution in [1.29, 1.82) is 0 Å². The van der Waals surface area contributed by atoms with Gasteiger partial charge in [0.2, 0.25) is 0 Å². The van der Waals surface area contributed by atoms with E-state index < -0.39 is 0 Å². The zero-order valence-electron chi connectivity index (χ0n) is 9.95. The monoisotopic (exact) mass is 265 g/mol. The van der Waals surface area contributed by atoms with Gasteiger partial charge in [0, 0.05) is 12.1 Å². The molecule has 2 aromatic rings. The number of halogens is 2. The standard InChI is InChI=1S/C13H13ClFN3/c1-2-7-16-13-6-5-12(17-18-13)10-8-9(15)3-4-11(10)14/h3-6,8H,2,7H2,1H3,(H,16,18). The molecule has 0 saturated carbocycles. The molecule has 0 radical (unpaired) electrons. The second-order valence-electron chi connectivity index (χ2n) is 3.85. The summed E-state index contributed by atoms with van der Waals surface area (Å²) in [4.78, 5) is 0. The predicted molar refractivity (Wildman–Crippen MR) is 71.2 cm³/mol. The van der Waals surface area contributed by atoms with Crippen LogP contribution in [0.2, 0.25) is 5.02 Å². The molecule has 0 aliphatic carbocycles. The van der Waals surface area contributed by atoms with Crippen LogP contribution in [0.3, 0.4) is 0 Å². The fourth-order valence-electron chi connectivity index (χ4n) is 1.52. The van der Waals surface area contributed by atoms with Gasteiger partial charge >= 0.3 is 0 Å². The van der Waals surface area contributed by atoms with Crippen LogP contribution in [0.15, 0.2) is 30.3 Å². The van der Waals surface area contributed by atoms with E-state index in [-0.39, 0.29) is 5.82 Å². The number of benzene rings is 1. The lowest BCUT2D eigenvalue weighted by Gasteiger charge is -2.05. The molecule has 1 heterocycles. The molecule has 0 saturated heterocycles. The van der Waals surface area contributed by atoms with Gasteiger partial charge in [0.1, 0.15) is 11.6 Å². The van der Waals surface area contributed by atoms with Crippen molar-refractivity contribution < 1.29 is 4.39 Å². The van der Waals surface area contributed by atoms with E-state index in [9.17, 15) is 4.39 Å². The van der Waals surface area contributed by atoms with E-state index in [4.69, 9.17) is 11.6 Å². The Bertz CT molecular complexity index is 528. The molecule has 0 fully saturated rings. The summed E-state index contributed by atoms with van der Waals surface area (Å²) >= 11 is 6.00. The van der Waals surface area contributed by atoms with Gasteiger partial charge in [-0.25, -0.2) is 4.39 Å². The minimum absolute atomic E-state index is 0.343. The van der Waals surface area contributed by atoms with E-state index in [0.29, 0.717) is 22.1 Å². The van der Waals surface area contributed by atoms with Gasteiger partial charge in [-0.2, -0.15) is 0 Å². The highest BCUT2D eigenvalue weighted by Gasteiger charge is 2.07. The van der Waals surface area contributed by atoms with Crippen LogP contribution in [0.1, 0.15) is 13.3 Å². The molecular weight excluding hydrogens is 253 g/mol. The number of hydrogen-bond acceptors (Lipinski definition) is 3. The first kappa shape index (κ1) is 12.8. The Morgan fingerprint density at radius 2 is 2.06 bits per heavy atom. The minimum Gasteiger partial charge on any atom is -0.369 e. The number of hydrogen-bond donors (Lipinski definition) is 1. The largest absolute Gasteiger partial charge is 0.369 e. The van der Waals surface area contributed by atoms with Crippen molar-refractivity contribution in [2.75, 3.05) is 11.9 Å². The van der Waals surface area contributed by atoms with Crippen molar-refractivity contribution in [3.8, 4) is 11.3 Å². The zero-order chi connectivity index (χ0) is 13.0. The second-order valence-corrected chi connectivity index (χ2v) is 4.26. The summed E-state index contributed by atoms with van der Waals surface area (Å²) < 4.78 is 13.2. The highest BCUT2D eigenvalue weighted by molar-refractivity contribution is 6.33. The molecule has 0 bridgehead atoms. The van der Waals surface area contributed by atoms with Crippen molar-refractivity contribution in [3.05, 3.63) is 41.2 Å². The topological polar surface area (TPSA) is 37.8 Å². The van der Waals surface area contributed by atoms with Crippen molar-refractivity contribution >= 4 is 17.4 Å². The molecule has 0 unspecified atom stereocenters. The maximum absolute atomic E-state index is 13.2. The van der Waals surface area contributed by atoms with Crippen LogP contribution in [0, 0.1) is 5.82 Å². The van der Waals surface area contributed by atoms with E-state index in [1.165, 1.54) is 18.2 Å². The summed E-state index contributed by atoms with van der Waals surface area (Å²) in [5.41, 5.74) is 1.10. The highest BCUT2D eigenvalue weighted by atomic mass is 35.5. The summed E-state index contributed by atoms with van der Waals surface area (Å²) in [5, 5.41) is 11.6. The van der Waals surface area contributed by atoms with E-state index >= 15 is 0 Å². The number of rotatable bonds is 4. The average Bonchev–Trinajstić information content (AvgIpc) is 2.40. The Balaban J connectivity index is 2.25. The number of aromatic nitrogens is 2. The molecule has 0 aliphatic rings. The second kappa shape index (κ2) is 5.78. The van der Waals surface area contributed by atoms with Gasteiger partial charge < -0.3 is 5.32 Å². The van der Waals surface area contributed by atoms with Gasteiger partial charge in [0.05, 0.1) is 10.7 Å². The minimum atomic E-state index is -0.343. The van der Waals surface area contributed by atoms with Crippen LogP contribution in [0.5, 0.6) is 0 Å². The van der Waals surface area contributed by atoms with Crippen LogP contribution < -0.4 is 5.32 Å². The fraction of sp³-hybridized carbons (Fsp3) is 0.231. The van der Waals surface area contributed by atoms with Gasteiger partial charge in [-0.15, -0.1) is 10.2 Å². The third kappa shape index (κ3) is 2.96. The molecule has 1 aromatic carbocycles. The lowest BCUT2D eigenvalue weighted by Crippen LogP contribution is -2.03. The third-order valence-corrected chi connectivity index (χ3v) is 2.75. The molecule has 0 spiro atoms. The van der Waals surface area contributed by atoms with E-state index in [1.54, 1.807) is 12.1 Å². The summed E-state index contributed by atoms with van der Waals surface area (Å²) in [6.45, 7) is 2.91. The lowest BCUT2D eigenvalue weighted by atomic mass is 10.1.